The Morgan fingerprint density at radius 1 is 1.17 bits per heavy atom. The van der Waals surface area contributed by atoms with Crippen LogP contribution in [0.3, 0.4) is 0 Å². The normalized spacial score (nSPS) is 11.4. The molecule has 0 bridgehead atoms. The van der Waals surface area contributed by atoms with Crippen LogP contribution >= 0.6 is 0 Å². The Hall–Kier alpha value is -1.89. The number of aliphatic hydroxyl groups excluding tert-OH is 1. The lowest BCUT2D eigenvalue weighted by Gasteiger charge is -2.11. The number of carbonyl (C=O) groups excluding carboxylic acids is 2. The first-order valence-corrected chi connectivity index (χ1v) is 5.21. The van der Waals surface area contributed by atoms with E-state index in [-0.39, 0.29) is 31.6 Å². The number of esters is 2. The predicted molar refractivity (Wildman–Crippen MR) is 59.6 cm³/mol. The van der Waals surface area contributed by atoms with E-state index >= 15 is 0 Å². The zero-order chi connectivity index (χ0) is 14.1. The van der Waals surface area contributed by atoms with Crippen LogP contribution in [0.1, 0.15) is 19.8 Å². The Labute approximate surface area is 104 Å². The molecule has 0 aliphatic rings. The molecule has 0 rings (SSSR count). The molecule has 0 aliphatic carbocycles. The summed E-state index contributed by atoms with van der Waals surface area (Å²) in [6, 6.07) is 0. The van der Waals surface area contributed by atoms with Gasteiger partial charge < -0.3 is 19.7 Å². The first-order valence-electron chi connectivity index (χ1n) is 5.21. The molecule has 18 heavy (non-hydrogen) atoms. The quantitative estimate of drug-likeness (QED) is 0.462. The van der Waals surface area contributed by atoms with E-state index in [2.05, 4.69) is 16.1 Å². The van der Waals surface area contributed by atoms with Gasteiger partial charge in [0.25, 0.3) is 0 Å². The molecule has 0 aromatic rings. The number of aliphatic carboxylic acids is 1. The molecule has 1 unspecified atom stereocenters. The van der Waals surface area contributed by atoms with E-state index < -0.39 is 24.0 Å². The second-order valence-corrected chi connectivity index (χ2v) is 3.61. The number of hydrogen-bond donors (Lipinski definition) is 2. The molecule has 0 radical (unpaired) electrons. The van der Waals surface area contributed by atoms with Crippen molar-refractivity contribution in [2.24, 2.45) is 0 Å². The summed E-state index contributed by atoms with van der Waals surface area (Å²) in [6.45, 7) is 4.13. The molecule has 0 aromatic carbocycles. The molecule has 2 N–H and O–H groups in total. The van der Waals surface area contributed by atoms with Crippen LogP contribution in [0.15, 0.2) is 12.2 Å². The molecule has 7 nitrogen and oxygen atoms in total. The maximum atomic E-state index is 11.0. The summed E-state index contributed by atoms with van der Waals surface area (Å²) in [7, 11) is 0. The summed E-state index contributed by atoms with van der Waals surface area (Å²) in [5, 5.41) is 17.6. The maximum absolute atomic E-state index is 11.0. The first kappa shape index (κ1) is 16.1. The summed E-state index contributed by atoms with van der Waals surface area (Å²) < 4.78 is 9.20. The number of carboxylic acid groups (broad SMARTS) is 1. The van der Waals surface area contributed by atoms with E-state index in [9.17, 15) is 19.5 Å². The zero-order valence-corrected chi connectivity index (χ0v) is 10.0. The van der Waals surface area contributed by atoms with Gasteiger partial charge in [-0.25, -0.2) is 4.79 Å². The van der Waals surface area contributed by atoms with E-state index in [1.807, 2.05) is 0 Å². The molecule has 0 saturated heterocycles. The van der Waals surface area contributed by atoms with Crippen LogP contribution in [-0.4, -0.2) is 47.4 Å². The third-order valence-electron chi connectivity index (χ3n) is 1.73. The van der Waals surface area contributed by atoms with Crippen LogP contribution in [0.4, 0.5) is 0 Å². The Bertz CT molecular complexity index is 334. The monoisotopic (exact) mass is 260 g/mol. The fourth-order valence-corrected chi connectivity index (χ4v) is 0.813. The summed E-state index contributed by atoms with van der Waals surface area (Å²) in [5.41, 5.74) is 0.195. The summed E-state index contributed by atoms with van der Waals surface area (Å²) in [4.78, 5) is 32.1. The van der Waals surface area contributed by atoms with Crippen molar-refractivity contribution in [3.63, 3.8) is 0 Å². The molecule has 0 aliphatic heterocycles. The smallest absolute Gasteiger partial charge is 0.333 e. The molecule has 1 atom stereocenters. The summed E-state index contributed by atoms with van der Waals surface area (Å²) in [5.74, 6) is -2.49. The van der Waals surface area contributed by atoms with Gasteiger partial charge in [-0.3, -0.25) is 9.59 Å². The van der Waals surface area contributed by atoms with Crippen molar-refractivity contribution in [2.75, 3.05) is 13.2 Å². The van der Waals surface area contributed by atoms with E-state index in [1.54, 1.807) is 0 Å². The SMILES string of the molecule is C=C(C)C(=O)OCC(O)COC(=O)CCC(=O)O. The number of hydrogen-bond acceptors (Lipinski definition) is 6. The van der Waals surface area contributed by atoms with Gasteiger partial charge >= 0.3 is 17.9 Å². The van der Waals surface area contributed by atoms with Crippen LogP contribution in [0.25, 0.3) is 0 Å². The average Bonchev–Trinajstić information content (AvgIpc) is 2.30. The minimum atomic E-state index is -1.15. The molecule has 0 spiro atoms. The van der Waals surface area contributed by atoms with Crippen molar-refractivity contribution in [3.8, 4) is 0 Å². The van der Waals surface area contributed by atoms with Crippen molar-refractivity contribution in [3.05, 3.63) is 12.2 Å². The fourth-order valence-electron chi connectivity index (χ4n) is 0.813. The topological polar surface area (TPSA) is 110 Å². The third-order valence-corrected chi connectivity index (χ3v) is 1.73. The summed E-state index contributed by atoms with van der Waals surface area (Å²) >= 11 is 0. The van der Waals surface area contributed by atoms with Crippen LogP contribution in [0, 0.1) is 0 Å². The molecular formula is C11H16O7. The number of ether oxygens (including phenoxy) is 2. The van der Waals surface area contributed by atoms with Gasteiger partial charge in [-0.2, -0.15) is 0 Å². The van der Waals surface area contributed by atoms with Crippen LogP contribution in [0.2, 0.25) is 0 Å². The molecule has 0 amide bonds. The predicted octanol–water partition coefficient (Wildman–Crippen LogP) is -0.125. The molecule has 0 aromatic heterocycles. The second-order valence-electron chi connectivity index (χ2n) is 3.61. The minimum Gasteiger partial charge on any atom is -0.481 e. The lowest BCUT2D eigenvalue weighted by atomic mass is 10.3. The van der Waals surface area contributed by atoms with E-state index in [0.29, 0.717) is 0 Å². The van der Waals surface area contributed by atoms with Crippen molar-refractivity contribution in [1.29, 1.82) is 0 Å². The Morgan fingerprint density at radius 2 is 1.72 bits per heavy atom. The molecule has 0 saturated carbocycles. The van der Waals surface area contributed by atoms with Gasteiger partial charge in [0, 0.05) is 5.57 Å². The molecule has 7 heteroatoms. The maximum Gasteiger partial charge on any atom is 0.333 e. The lowest BCUT2D eigenvalue weighted by Crippen LogP contribution is -2.25. The largest absolute Gasteiger partial charge is 0.481 e. The Balaban J connectivity index is 3.73. The van der Waals surface area contributed by atoms with Gasteiger partial charge in [0.1, 0.15) is 19.3 Å². The van der Waals surface area contributed by atoms with Gasteiger partial charge in [-0.05, 0) is 6.92 Å². The van der Waals surface area contributed by atoms with Crippen LogP contribution in [-0.2, 0) is 23.9 Å². The molecular weight excluding hydrogens is 244 g/mol. The number of carbonyl (C=O) groups is 3. The second kappa shape index (κ2) is 8.24. The number of rotatable bonds is 8. The zero-order valence-electron chi connectivity index (χ0n) is 10.0. The van der Waals surface area contributed by atoms with E-state index in [4.69, 9.17) is 5.11 Å². The highest BCUT2D eigenvalue weighted by atomic mass is 16.6. The van der Waals surface area contributed by atoms with Gasteiger partial charge in [-0.15, -0.1) is 0 Å². The number of carboxylic acids is 1. The van der Waals surface area contributed by atoms with Gasteiger partial charge in [0.2, 0.25) is 0 Å². The highest BCUT2D eigenvalue weighted by Crippen LogP contribution is 1.97. The van der Waals surface area contributed by atoms with E-state index in [0.717, 1.165) is 0 Å². The average molecular weight is 260 g/mol. The molecule has 0 fully saturated rings. The van der Waals surface area contributed by atoms with Crippen LogP contribution < -0.4 is 0 Å². The third kappa shape index (κ3) is 8.28. The van der Waals surface area contributed by atoms with Gasteiger partial charge in [-0.1, -0.05) is 6.58 Å². The van der Waals surface area contributed by atoms with Gasteiger partial charge in [0.15, 0.2) is 0 Å². The van der Waals surface area contributed by atoms with Crippen LogP contribution in [0.5, 0.6) is 0 Å². The minimum absolute atomic E-state index is 0.195. The fraction of sp³-hybridized carbons (Fsp3) is 0.545. The summed E-state index contributed by atoms with van der Waals surface area (Å²) in [6.07, 6.45) is -1.75. The highest BCUT2D eigenvalue weighted by Gasteiger charge is 2.12. The first-order chi connectivity index (χ1) is 8.32. The lowest BCUT2D eigenvalue weighted by molar-refractivity contribution is -0.152. The molecule has 102 valence electrons. The van der Waals surface area contributed by atoms with Crippen molar-refractivity contribution in [2.45, 2.75) is 25.9 Å². The van der Waals surface area contributed by atoms with E-state index in [1.165, 1.54) is 6.92 Å². The Morgan fingerprint density at radius 3 is 2.22 bits per heavy atom. The van der Waals surface area contributed by atoms with Crippen molar-refractivity contribution < 1.29 is 34.1 Å². The molecule has 0 heterocycles. The standard InChI is InChI=1S/C11H16O7/c1-7(2)11(16)18-6-8(12)5-17-10(15)4-3-9(13)14/h8,12H,1,3-6H2,2H3,(H,13,14). The van der Waals surface area contributed by atoms with Crippen molar-refractivity contribution >= 4 is 17.9 Å². The Kier molecular flexibility index (Phi) is 7.37. The number of aliphatic hydroxyl groups is 1. The highest BCUT2D eigenvalue weighted by molar-refractivity contribution is 5.86. The van der Waals surface area contributed by atoms with Crippen molar-refractivity contribution in [1.82, 2.24) is 0 Å². The van der Waals surface area contributed by atoms with Gasteiger partial charge in [0.05, 0.1) is 12.8 Å².